The summed E-state index contributed by atoms with van der Waals surface area (Å²) in [6.45, 7) is 12.4. The highest BCUT2D eigenvalue weighted by molar-refractivity contribution is 5.28. The predicted octanol–water partition coefficient (Wildman–Crippen LogP) is 6.92. The third-order valence-corrected chi connectivity index (χ3v) is 10.4. The Labute approximate surface area is 208 Å². The van der Waals surface area contributed by atoms with Crippen LogP contribution in [0.3, 0.4) is 0 Å². The second kappa shape index (κ2) is 10.1. The number of epoxide rings is 1. The van der Waals surface area contributed by atoms with Crippen LogP contribution in [-0.2, 0) is 4.74 Å². The van der Waals surface area contributed by atoms with E-state index in [4.69, 9.17) is 4.74 Å². The van der Waals surface area contributed by atoms with Crippen LogP contribution in [0.5, 0.6) is 0 Å². The second-order valence-electron chi connectivity index (χ2n) is 12.3. The predicted molar refractivity (Wildman–Crippen MR) is 140 cm³/mol. The van der Waals surface area contributed by atoms with Crippen LogP contribution in [-0.4, -0.2) is 34.6 Å². The van der Waals surface area contributed by atoms with Gasteiger partial charge in [-0.25, -0.2) is 0 Å². The van der Waals surface area contributed by atoms with Gasteiger partial charge < -0.3 is 14.9 Å². The van der Waals surface area contributed by atoms with Gasteiger partial charge in [0.2, 0.25) is 0 Å². The van der Waals surface area contributed by atoms with Gasteiger partial charge in [-0.05, 0) is 86.4 Å². The van der Waals surface area contributed by atoms with Gasteiger partial charge in [-0.2, -0.15) is 0 Å². The Balaban J connectivity index is 1.42. The maximum absolute atomic E-state index is 10.5. The molecule has 1 aliphatic heterocycles. The smallest absolute Gasteiger partial charge is 0.144 e. The monoisotopic (exact) mass is 468 g/mol. The minimum absolute atomic E-state index is 0.312. The molecular formula is C31H48O3. The first-order valence-corrected chi connectivity index (χ1v) is 13.9. The minimum atomic E-state index is -0.670. The molecule has 3 heteroatoms. The van der Waals surface area contributed by atoms with E-state index in [0.717, 1.165) is 11.5 Å². The van der Waals surface area contributed by atoms with Crippen molar-refractivity contribution >= 4 is 0 Å². The molecule has 2 N–H and O–H groups in total. The van der Waals surface area contributed by atoms with Gasteiger partial charge in [0.05, 0.1) is 18.8 Å². The van der Waals surface area contributed by atoms with Crippen LogP contribution in [0.15, 0.2) is 47.6 Å². The highest BCUT2D eigenvalue weighted by atomic mass is 16.6. The van der Waals surface area contributed by atoms with Crippen molar-refractivity contribution in [3.05, 3.63) is 47.6 Å². The Kier molecular flexibility index (Phi) is 7.68. The van der Waals surface area contributed by atoms with Gasteiger partial charge in [0.1, 0.15) is 5.60 Å². The SMILES string of the molecule is CCC(C)(/C=C/C=C/[C@@H](C)C1CCC2/C(=C/C=C3C[C@@H](O)C4(CO4)[C@H](O)C3)CCCC21C)CC. The molecule has 0 amide bonds. The lowest BCUT2D eigenvalue weighted by Crippen LogP contribution is -2.45. The summed E-state index contributed by atoms with van der Waals surface area (Å²) >= 11 is 0. The molecule has 3 nitrogen and oxygen atoms in total. The molecule has 4 rings (SSSR count). The van der Waals surface area contributed by atoms with Gasteiger partial charge >= 0.3 is 0 Å². The molecule has 4 fully saturated rings. The van der Waals surface area contributed by atoms with E-state index in [-0.39, 0.29) is 0 Å². The topological polar surface area (TPSA) is 53.0 Å². The molecule has 0 aromatic rings. The first-order chi connectivity index (χ1) is 16.2. The van der Waals surface area contributed by atoms with Crippen molar-refractivity contribution in [2.24, 2.45) is 28.6 Å². The van der Waals surface area contributed by atoms with Crippen LogP contribution in [0, 0.1) is 28.6 Å². The van der Waals surface area contributed by atoms with Crippen molar-refractivity contribution < 1.29 is 14.9 Å². The third kappa shape index (κ3) is 4.90. The van der Waals surface area contributed by atoms with Crippen LogP contribution in [0.2, 0.25) is 0 Å². The van der Waals surface area contributed by atoms with E-state index in [0.29, 0.717) is 42.1 Å². The molecule has 190 valence electrons. The van der Waals surface area contributed by atoms with E-state index in [1.807, 2.05) is 0 Å². The van der Waals surface area contributed by atoms with Gasteiger partial charge in [-0.3, -0.25) is 0 Å². The first-order valence-electron chi connectivity index (χ1n) is 13.9. The van der Waals surface area contributed by atoms with Gasteiger partial charge in [-0.1, -0.05) is 82.2 Å². The number of fused-ring (bicyclic) bond motifs is 1. The van der Waals surface area contributed by atoms with Crippen molar-refractivity contribution in [2.45, 2.75) is 110 Å². The third-order valence-electron chi connectivity index (χ3n) is 10.4. The Morgan fingerprint density at radius 3 is 2.38 bits per heavy atom. The molecule has 3 saturated carbocycles. The summed E-state index contributed by atoms with van der Waals surface area (Å²) in [5, 5.41) is 20.9. The zero-order chi connectivity index (χ0) is 24.6. The highest BCUT2D eigenvalue weighted by Gasteiger charge is 2.59. The Hall–Kier alpha value is -1.16. The molecule has 6 atom stereocenters. The van der Waals surface area contributed by atoms with Gasteiger partial charge in [0, 0.05) is 0 Å². The summed E-state index contributed by atoms with van der Waals surface area (Å²) in [5.41, 5.74) is 2.76. The van der Waals surface area contributed by atoms with Crippen molar-refractivity contribution in [1.82, 2.24) is 0 Å². The second-order valence-corrected chi connectivity index (χ2v) is 12.3. The van der Waals surface area contributed by atoms with E-state index in [1.54, 1.807) is 5.57 Å². The van der Waals surface area contributed by atoms with E-state index < -0.39 is 17.8 Å². The minimum Gasteiger partial charge on any atom is -0.390 e. The molecule has 0 bridgehead atoms. The van der Waals surface area contributed by atoms with E-state index >= 15 is 0 Å². The number of allylic oxidation sites excluding steroid dienone is 7. The zero-order valence-electron chi connectivity index (χ0n) is 22.2. The van der Waals surface area contributed by atoms with Gasteiger partial charge in [-0.15, -0.1) is 0 Å². The molecular weight excluding hydrogens is 420 g/mol. The molecule has 1 spiro atoms. The molecule has 0 aromatic carbocycles. The summed E-state index contributed by atoms with van der Waals surface area (Å²) in [5.74, 6) is 1.98. The molecule has 0 aromatic heterocycles. The standard InChI is InChI=1S/C31H48O3/c1-6-29(4,7-2)17-9-8-11-22(3)25-15-16-26-24(12-10-18-30(25,26)5)14-13-23-19-27(32)31(21-34-31)28(33)20-23/h8-9,11,13-14,17,22,25-28,32-33H,6-7,10,12,15-16,18-21H2,1-5H3/b11-8+,17-9+,23-13?,24-14+/t22-,25?,26?,27-,28-,30?,31?/m1/s1. The maximum Gasteiger partial charge on any atom is 0.144 e. The molecule has 34 heavy (non-hydrogen) atoms. The van der Waals surface area contributed by atoms with E-state index in [1.165, 1.54) is 44.9 Å². The van der Waals surface area contributed by atoms with Crippen LogP contribution >= 0.6 is 0 Å². The Morgan fingerprint density at radius 1 is 1.09 bits per heavy atom. The average Bonchev–Trinajstić information content (AvgIpc) is 3.55. The molecule has 0 radical (unpaired) electrons. The number of ether oxygens (including phenoxy) is 1. The zero-order valence-corrected chi connectivity index (χ0v) is 22.2. The molecule has 1 saturated heterocycles. The normalized spacial score (nSPS) is 40.4. The average molecular weight is 469 g/mol. The Morgan fingerprint density at radius 2 is 1.76 bits per heavy atom. The van der Waals surface area contributed by atoms with Crippen LogP contribution in [0.1, 0.15) is 92.4 Å². The van der Waals surface area contributed by atoms with Gasteiger partial charge in [0.15, 0.2) is 0 Å². The summed E-state index contributed by atoms with van der Waals surface area (Å²) < 4.78 is 5.42. The van der Waals surface area contributed by atoms with Crippen LogP contribution < -0.4 is 0 Å². The van der Waals surface area contributed by atoms with Crippen molar-refractivity contribution in [3.63, 3.8) is 0 Å². The van der Waals surface area contributed by atoms with E-state index in [2.05, 4.69) is 71.1 Å². The van der Waals surface area contributed by atoms with Crippen LogP contribution in [0.4, 0.5) is 0 Å². The number of aliphatic hydroxyl groups is 2. The number of hydrogen-bond acceptors (Lipinski definition) is 3. The van der Waals surface area contributed by atoms with Crippen molar-refractivity contribution in [3.8, 4) is 0 Å². The summed E-state index contributed by atoms with van der Waals surface area (Å²) in [6.07, 6.45) is 22.8. The fourth-order valence-corrected chi connectivity index (χ4v) is 7.27. The Bertz CT molecular complexity index is 825. The number of aliphatic hydroxyl groups excluding tert-OH is 2. The van der Waals surface area contributed by atoms with Gasteiger partial charge in [0.25, 0.3) is 0 Å². The lowest BCUT2D eigenvalue weighted by molar-refractivity contribution is -0.0292. The molecule has 1 heterocycles. The highest BCUT2D eigenvalue weighted by Crippen LogP contribution is 2.59. The van der Waals surface area contributed by atoms with E-state index in [9.17, 15) is 10.2 Å². The molecule has 3 aliphatic carbocycles. The quantitative estimate of drug-likeness (QED) is 0.315. The fraction of sp³-hybridized carbons (Fsp3) is 0.742. The molecule has 3 unspecified atom stereocenters. The fourth-order valence-electron chi connectivity index (χ4n) is 7.27. The summed E-state index contributed by atoms with van der Waals surface area (Å²) in [6, 6.07) is 0. The first kappa shape index (κ1) is 25.9. The molecule has 4 aliphatic rings. The lowest BCUT2D eigenvalue weighted by Gasteiger charge is -2.44. The van der Waals surface area contributed by atoms with Crippen molar-refractivity contribution in [1.29, 1.82) is 0 Å². The summed E-state index contributed by atoms with van der Waals surface area (Å²) in [7, 11) is 0. The summed E-state index contributed by atoms with van der Waals surface area (Å²) in [4.78, 5) is 0. The number of hydrogen-bond donors (Lipinski definition) is 2. The maximum atomic E-state index is 10.5. The van der Waals surface area contributed by atoms with Crippen LogP contribution in [0.25, 0.3) is 0 Å². The largest absolute Gasteiger partial charge is 0.390 e. The van der Waals surface area contributed by atoms with Crippen molar-refractivity contribution in [2.75, 3.05) is 6.61 Å². The lowest BCUT2D eigenvalue weighted by atomic mass is 9.61. The number of rotatable bonds is 7.